The number of rotatable bonds is 10. The number of nitrogens with zero attached hydrogens (tertiary/aromatic N) is 4. The second-order valence-corrected chi connectivity index (χ2v) is 5.95. The van der Waals surface area contributed by atoms with Gasteiger partial charge in [-0.2, -0.15) is 14.6 Å². The average Bonchev–Trinajstić information content (AvgIpc) is 3.19. The molecule has 0 saturated carbocycles. The molecule has 0 radical (unpaired) electrons. The first-order valence-electron chi connectivity index (χ1n) is 9.01. The Kier molecular flexibility index (Phi) is 6.43. The summed E-state index contributed by atoms with van der Waals surface area (Å²) in [6.45, 7) is 4.37. The van der Waals surface area contributed by atoms with E-state index < -0.39 is 0 Å². The van der Waals surface area contributed by atoms with Crippen LogP contribution in [0.3, 0.4) is 0 Å². The summed E-state index contributed by atoms with van der Waals surface area (Å²) in [6.07, 6.45) is 5.21. The Morgan fingerprint density at radius 3 is 2.70 bits per heavy atom. The van der Waals surface area contributed by atoms with Crippen molar-refractivity contribution < 1.29 is 14.2 Å². The Morgan fingerprint density at radius 1 is 1.07 bits per heavy atom. The predicted molar refractivity (Wildman–Crippen MR) is 104 cm³/mol. The molecule has 0 atom stereocenters. The van der Waals surface area contributed by atoms with E-state index in [1.54, 1.807) is 24.9 Å². The van der Waals surface area contributed by atoms with Crippen LogP contribution in [0.15, 0.2) is 30.7 Å². The number of ether oxygens (including phenoxy) is 3. The Morgan fingerprint density at radius 2 is 1.93 bits per heavy atom. The fourth-order valence-electron chi connectivity index (χ4n) is 2.79. The minimum Gasteiger partial charge on any atom is -0.493 e. The number of aromatic nitrogens is 4. The van der Waals surface area contributed by atoms with Crippen LogP contribution in [0.5, 0.6) is 11.5 Å². The molecule has 1 N–H and O–H groups in total. The molecule has 27 heavy (non-hydrogen) atoms. The number of nitrogens with one attached hydrogen (secondary N) is 1. The van der Waals surface area contributed by atoms with E-state index in [0.29, 0.717) is 17.3 Å². The lowest BCUT2D eigenvalue weighted by molar-refractivity contribution is 0.134. The van der Waals surface area contributed by atoms with Gasteiger partial charge in [-0.1, -0.05) is 13.0 Å². The molecule has 0 aliphatic rings. The fourth-order valence-corrected chi connectivity index (χ4v) is 2.79. The summed E-state index contributed by atoms with van der Waals surface area (Å²) < 4.78 is 18.0. The van der Waals surface area contributed by atoms with E-state index in [1.165, 1.54) is 6.33 Å². The molecule has 0 spiro atoms. The highest BCUT2D eigenvalue weighted by Gasteiger charge is 2.14. The first-order valence-corrected chi connectivity index (χ1v) is 9.01. The Balaban J connectivity index is 1.88. The largest absolute Gasteiger partial charge is 0.493 e. The maximum Gasteiger partial charge on any atom is 0.254 e. The molecule has 3 rings (SSSR count). The summed E-state index contributed by atoms with van der Waals surface area (Å²) in [5, 5.41) is 7.76. The van der Waals surface area contributed by atoms with Gasteiger partial charge in [0.05, 0.1) is 14.2 Å². The van der Waals surface area contributed by atoms with Gasteiger partial charge in [0, 0.05) is 31.5 Å². The van der Waals surface area contributed by atoms with Gasteiger partial charge < -0.3 is 19.5 Å². The van der Waals surface area contributed by atoms with Gasteiger partial charge in [-0.05, 0) is 30.5 Å². The first-order chi connectivity index (χ1) is 13.3. The number of methoxy groups -OCH3 is 2. The van der Waals surface area contributed by atoms with Crippen LogP contribution in [0.4, 0.5) is 5.82 Å². The minimum absolute atomic E-state index is 0.545. The van der Waals surface area contributed by atoms with Crippen LogP contribution in [-0.4, -0.2) is 53.6 Å². The van der Waals surface area contributed by atoms with Gasteiger partial charge in [-0.25, -0.2) is 4.98 Å². The number of hydrogen-bond acceptors (Lipinski definition) is 7. The van der Waals surface area contributed by atoms with Crippen LogP contribution in [-0.2, 0) is 4.74 Å². The van der Waals surface area contributed by atoms with Crippen molar-refractivity contribution in [2.24, 2.45) is 0 Å². The van der Waals surface area contributed by atoms with E-state index in [0.717, 1.165) is 49.5 Å². The number of fused-ring (bicyclic) bond motifs is 1. The van der Waals surface area contributed by atoms with Crippen molar-refractivity contribution in [1.29, 1.82) is 0 Å². The standard InChI is InChI=1S/C19H25N5O3/c1-4-9-27-10-5-8-20-18-15(12-21-19-22-13-23-24(18)19)14-6-7-16(25-2)17(11-14)26-3/h6-7,11-13,20H,4-5,8-10H2,1-3H3. The maximum absolute atomic E-state index is 5.55. The molecule has 0 fully saturated rings. The fraction of sp³-hybridized carbons (Fsp3) is 0.421. The summed E-state index contributed by atoms with van der Waals surface area (Å²) in [7, 11) is 3.24. The highest BCUT2D eigenvalue weighted by Crippen LogP contribution is 2.35. The lowest BCUT2D eigenvalue weighted by Crippen LogP contribution is -2.11. The van der Waals surface area contributed by atoms with Crippen LogP contribution >= 0.6 is 0 Å². The van der Waals surface area contributed by atoms with E-state index in [1.807, 2.05) is 18.2 Å². The van der Waals surface area contributed by atoms with Crippen molar-refractivity contribution in [2.75, 3.05) is 39.3 Å². The summed E-state index contributed by atoms with van der Waals surface area (Å²) in [6, 6.07) is 5.77. The Hall–Kier alpha value is -2.87. The van der Waals surface area contributed by atoms with Crippen molar-refractivity contribution in [3.05, 3.63) is 30.7 Å². The van der Waals surface area contributed by atoms with Gasteiger partial charge in [0.15, 0.2) is 11.5 Å². The molecule has 8 nitrogen and oxygen atoms in total. The van der Waals surface area contributed by atoms with E-state index in [9.17, 15) is 0 Å². The summed E-state index contributed by atoms with van der Waals surface area (Å²) in [5.41, 5.74) is 1.85. The molecule has 2 aromatic heterocycles. The van der Waals surface area contributed by atoms with Crippen molar-refractivity contribution in [2.45, 2.75) is 19.8 Å². The summed E-state index contributed by atoms with van der Waals surface area (Å²) in [5.74, 6) is 2.72. The molecule has 3 aromatic rings. The van der Waals surface area contributed by atoms with Crippen LogP contribution in [0, 0.1) is 0 Å². The third kappa shape index (κ3) is 4.28. The van der Waals surface area contributed by atoms with Crippen molar-refractivity contribution in [3.63, 3.8) is 0 Å². The number of hydrogen-bond donors (Lipinski definition) is 1. The molecule has 0 bridgehead atoms. The van der Waals surface area contributed by atoms with Crippen LogP contribution in [0.25, 0.3) is 16.9 Å². The molecule has 0 amide bonds. The molecule has 0 saturated heterocycles. The molecule has 144 valence electrons. The number of benzene rings is 1. The second-order valence-electron chi connectivity index (χ2n) is 5.95. The average molecular weight is 371 g/mol. The normalized spacial score (nSPS) is 10.9. The van der Waals surface area contributed by atoms with Crippen molar-refractivity contribution >= 4 is 11.6 Å². The smallest absolute Gasteiger partial charge is 0.254 e. The molecule has 8 heteroatoms. The molecule has 0 unspecified atom stereocenters. The van der Waals surface area contributed by atoms with Crippen LogP contribution < -0.4 is 14.8 Å². The zero-order valence-electron chi connectivity index (χ0n) is 15.9. The van der Waals surface area contributed by atoms with Gasteiger partial charge in [-0.3, -0.25) is 0 Å². The molecule has 2 heterocycles. The molecular formula is C19H25N5O3. The second kappa shape index (κ2) is 9.18. The highest BCUT2D eigenvalue weighted by molar-refractivity contribution is 5.77. The van der Waals surface area contributed by atoms with Crippen LogP contribution in [0.1, 0.15) is 19.8 Å². The van der Waals surface area contributed by atoms with Gasteiger partial charge in [0.2, 0.25) is 0 Å². The lowest BCUT2D eigenvalue weighted by atomic mass is 10.1. The third-order valence-electron chi connectivity index (χ3n) is 4.11. The monoisotopic (exact) mass is 371 g/mol. The van der Waals surface area contributed by atoms with Gasteiger partial charge in [0.1, 0.15) is 12.1 Å². The van der Waals surface area contributed by atoms with Crippen molar-refractivity contribution in [3.8, 4) is 22.6 Å². The summed E-state index contributed by atoms with van der Waals surface area (Å²) in [4.78, 5) is 8.57. The Labute approximate surface area is 158 Å². The van der Waals surface area contributed by atoms with E-state index >= 15 is 0 Å². The summed E-state index contributed by atoms with van der Waals surface area (Å²) >= 11 is 0. The Bertz CT molecular complexity index is 881. The first kappa shape index (κ1) is 18.9. The predicted octanol–water partition coefficient (Wildman–Crippen LogP) is 3.04. The molecule has 1 aromatic carbocycles. The van der Waals surface area contributed by atoms with E-state index in [2.05, 4.69) is 27.3 Å². The van der Waals surface area contributed by atoms with Gasteiger partial charge in [-0.15, -0.1) is 0 Å². The van der Waals surface area contributed by atoms with Gasteiger partial charge in [0.25, 0.3) is 5.78 Å². The number of anilines is 1. The molecule has 0 aliphatic carbocycles. The van der Waals surface area contributed by atoms with Crippen LogP contribution in [0.2, 0.25) is 0 Å². The lowest BCUT2D eigenvalue weighted by Gasteiger charge is -2.15. The minimum atomic E-state index is 0.545. The molecular weight excluding hydrogens is 346 g/mol. The zero-order chi connectivity index (χ0) is 19.1. The van der Waals surface area contributed by atoms with E-state index in [-0.39, 0.29) is 0 Å². The van der Waals surface area contributed by atoms with Gasteiger partial charge >= 0.3 is 0 Å². The SMILES string of the molecule is CCCOCCCNc1c(-c2ccc(OC)c(OC)c2)cnc2ncnn12. The van der Waals surface area contributed by atoms with Crippen molar-refractivity contribution in [1.82, 2.24) is 19.6 Å². The quantitative estimate of drug-likeness (QED) is 0.549. The maximum atomic E-state index is 5.55. The van der Waals surface area contributed by atoms with E-state index in [4.69, 9.17) is 14.2 Å². The third-order valence-corrected chi connectivity index (χ3v) is 4.11. The zero-order valence-corrected chi connectivity index (χ0v) is 15.9. The highest BCUT2D eigenvalue weighted by atomic mass is 16.5. The molecule has 0 aliphatic heterocycles. The topological polar surface area (TPSA) is 82.8 Å².